The summed E-state index contributed by atoms with van der Waals surface area (Å²) >= 11 is 0. The molecule has 0 radical (unpaired) electrons. The molecule has 0 amide bonds. The van der Waals surface area contributed by atoms with E-state index in [4.69, 9.17) is 4.74 Å². The van der Waals surface area contributed by atoms with E-state index in [2.05, 4.69) is 47.3 Å². The van der Waals surface area contributed by atoms with E-state index in [1.807, 2.05) is 0 Å². The van der Waals surface area contributed by atoms with Crippen molar-refractivity contribution in [3.63, 3.8) is 0 Å². The van der Waals surface area contributed by atoms with Crippen molar-refractivity contribution in [2.75, 3.05) is 6.61 Å². The minimum Gasteiger partial charge on any atom is -0.455 e. The van der Waals surface area contributed by atoms with Gasteiger partial charge in [-0.15, -0.1) is 0 Å². The Morgan fingerprint density at radius 3 is 2.56 bits per heavy atom. The summed E-state index contributed by atoms with van der Waals surface area (Å²) in [5.74, 6) is 4.68. The van der Waals surface area contributed by atoms with Crippen LogP contribution in [0, 0.1) is 46.3 Å². The van der Waals surface area contributed by atoms with Crippen LogP contribution in [0.4, 0.5) is 0 Å². The highest BCUT2D eigenvalue weighted by Crippen LogP contribution is 2.67. The molecule has 3 fully saturated rings. The van der Waals surface area contributed by atoms with E-state index in [1.165, 1.54) is 56.9 Å². The first-order valence-corrected chi connectivity index (χ1v) is 14.3. The SMILES string of the molecule is C=C(CO)C(=O)O[C@@H]1C=C2CC[C@@H]3[C@H](CC[C@]4(C)C([C@H](C)CCCC(C)C)CC[C@@H]34)[C@@]2(C)CC1. The number of rotatable bonds is 8. The first kappa shape index (κ1) is 26.0. The zero-order chi connectivity index (χ0) is 24.7. The van der Waals surface area contributed by atoms with Gasteiger partial charge in [0.25, 0.3) is 0 Å². The summed E-state index contributed by atoms with van der Waals surface area (Å²) in [4.78, 5) is 12.1. The average molecular weight is 471 g/mol. The second-order valence-electron chi connectivity index (χ2n) is 13.3. The van der Waals surface area contributed by atoms with Gasteiger partial charge < -0.3 is 9.84 Å². The molecule has 0 heterocycles. The van der Waals surface area contributed by atoms with Gasteiger partial charge >= 0.3 is 5.97 Å². The van der Waals surface area contributed by atoms with Gasteiger partial charge in [-0.25, -0.2) is 4.79 Å². The van der Waals surface area contributed by atoms with Crippen LogP contribution in [-0.4, -0.2) is 23.8 Å². The molecule has 192 valence electrons. The van der Waals surface area contributed by atoms with Crippen LogP contribution in [0.5, 0.6) is 0 Å². The number of esters is 1. The first-order valence-electron chi connectivity index (χ1n) is 14.3. The Labute approximate surface area is 208 Å². The van der Waals surface area contributed by atoms with Crippen LogP contribution < -0.4 is 0 Å². The third-order valence-corrected chi connectivity index (χ3v) is 11.0. The first-order chi connectivity index (χ1) is 16.1. The van der Waals surface area contributed by atoms with Crippen LogP contribution in [0.25, 0.3) is 0 Å². The number of ether oxygens (including phenoxy) is 1. The van der Waals surface area contributed by atoms with Crippen molar-refractivity contribution in [1.29, 1.82) is 0 Å². The fraction of sp³-hybridized carbons (Fsp3) is 0.839. The number of hydrogen-bond donors (Lipinski definition) is 1. The highest BCUT2D eigenvalue weighted by atomic mass is 16.5. The number of aliphatic hydroxyl groups excluding tert-OH is 1. The minimum atomic E-state index is -0.449. The Bertz CT molecular complexity index is 796. The molecule has 34 heavy (non-hydrogen) atoms. The molecule has 3 nitrogen and oxygen atoms in total. The smallest absolute Gasteiger partial charge is 0.336 e. The van der Waals surface area contributed by atoms with Gasteiger partial charge in [-0.3, -0.25) is 0 Å². The second-order valence-corrected chi connectivity index (χ2v) is 13.3. The molecular weight excluding hydrogens is 420 g/mol. The number of fused-ring (bicyclic) bond motifs is 5. The van der Waals surface area contributed by atoms with Crippen molar-refractivity contribution in [1.82, 2.24) is 0 Å². The van der Waals surface area contributed by atoms with Crippen LogP contribution in [0.2, 0.25) is 0 Å². The van der Waals surface area contributed by atoms with E-state index in [0.717, 1.165) is 54.8 Å². The van der Waals surface area contributed by atoms with Crippen molar-refractivity contribution in [3.8, 4) is 0 Å². The summed E-state index contributed by atoms with van der Waals surface area (Å²) < 4.78 is 5.67. The zero-order valence-corrected chi connectivity index (χ0v) is 22.6. The molecule has 0 bridgehead atoms. The third kappa shape index (κ3) is 4.67. The molecule has 1 N–H and O–H groups in total. The summed E-state index contributed by atoms with van der Waals surface area (Å²) in [5.41, 5.74) is 2.49. The lowest BCUT2D eigenvalue weighted by molar-refractivity contribution is -0.144. The molecule has 0 aliphatic heterocycles. The van der Waals surface area contributed by atoms with E-state index in [0.29, 0.717) is 5.41 Å². The normalized spacial score (nSPS) is 40.1. The van der Waals surface area contributed by atoms with Crippen LogP contribution >= 0.6 is 0 Å². The van der Waals surface area contributed by atoms with Crippen molar-refractivity contribution < 1.29 is 14.6 Å². The lowest BCUT2D eigenvalue weighted by atomic mass is 9.46. The maximum atomic E-state index is 12.1. The standard InChI is InChI=1S/C31H50O3/c1-20(2)8-7-9-21(3)26-12-13-27-25-11-10-23-18-24(34-29(33)22(4)19-32)14-16-30(23,5)28(25)15-17-31(26,27)6/h18,20-21,24-28,32H,4,7-17,19H2,1-3,5-6H3/t21-,24+,25+,26?,27+,28+,30+,31-/m1/s1. The van der Waals surface area contributed by atoms with Crippen LogP contribution in [0.15, 0.2) is 23.8 Å². The monoisotopic (exact) mass is 470 g/mol. The quantitative estimate of drug-likeness (QED) is 0.227. The fourth-order valence-corrected chi connectivity index (χ4v) is 9.10. The Kier molecular flexibility index (Phi) is 7.73. The van der Waals surface area contributed by atoms with E-state index < -0.39 is 5.97 Å². The Hall–Kier alpha value is -1.09. The van der Waals surface area contributed by atoms with Crippen LogP contribution in [-0.2, 0) is 9.53 Å². The summed E-state index contributed by atoms with van der Waals surface area (Å²) in [5, 5.41) is 9.19. The molecule has 0 spiro atoms. The second kappa shape index (κ2) is 10.1. The Morgan fingerprint density at radius 2 is 1.85 bits per heavy atom. The summed E-state index contributed by atoms with van der Waals surface area (Å²) in [7, 11) is 0. The van der Waals surface area contributed by atoms with Crippen LogP contribution in [0.3, 0.4) is 0 Å². The lowest BCUT2D eigenvalue weighted by Gasteiger charge is -2.59. The van der Waals surface area contributed by atoms with Gasteiger partial charge in [0, 0.05) is 0 Å². The van der Waals surface area contributed by atoms with Crippen molar-refractivity contribution >= 4 is 5.97 Å². The predicted molar refractivity (Wildman–Crippen MR) is 139 cm³/mol. The van der Waals surface area contributed by atoms with E-state index in [-0.39, 0.29) is 23.7 Å². The molecule has 4 aliphatic rings. The molecule has 4 rings (SSSR count). The van der Waals surface area contributed by atoms with Gasteiger partial charge in [-0.05, 0) is 104 Å². The molecule has 1 unspecified atom stereocenters. The summed E-state index contributed by atoms with van der Waals surface area (Å²) in [6, 6.07) is 0. The van der Waals surface area contributed by atoms with Crippen molar-refractivity contribution in [2.45, 2.75) is 111 Å². The van der Waals surface area contributed by atoms with E-state index in [9.17, 15) is 9.90 Å². The summed E-state index contributed by atoms with van der Waals surface area (Å²) in [6.45, 7) is 15.7. The molecule has 0 aromatic carbocycles. The molecular formula is C31H50O3. The van der Waals surface area contributed by atoms with Gasteiger partial charge in [0.1, 0.15) is 6.10 Å². The highest BCUT2D eigenvalue weighted by molar-refractivity contribution is 5.88. The summed E-state index contributed by atoms with van der Waals surface area (Å²) in [6.07, 6.45) is 16.4. The minimum absolute atomic E-state index is 0.149. The largest absolute Gasteiger partial charge is 0.455 e. The predicted octanol–water partition coefficient (Wildman–Crippen LogP) is 7.49. The highest BCUT2D eigenvalue weighted by Gasteiger charge is 2.59. The van der Waals surface area contributed by atoms with Crippen LogP contribution in [0.1, 0.15) is 105 Å². The van der Waals surface area contributed by atoms with Crippen molar-refractivity contribution in [3.05, 3.63) is 23.8 Å². The topological polar surface area (TPSA) is 46.5 Å². The molecule has 3 heteroatoms. The average Bonchev–Trinajstić information content (AvgIpc) is 3.15. The fourth-order valence-electron chi connectivity index (χ4n) is 9.10. The number of carbonyl (C=O) groups is 1. The Balaban J connectivity index is 1.44. The van der Waals surface area contributed by atoms with E-state index in [1.54, 1.807) is 0 Å². The van der Waals surface area contributed by atoms with Crippen molar-refractivity contribution in [2.24, 2.45) is 46.3 Å². The zero-order valence-electron chi connectivity index (χ0n) is 22.6. The number of hydrogen-bond acceptors (Lipinski definition) is 3. The maximum absolute atomic E-state index is 12.1. The van der Waals surface area contributed by atoms with Gasteiger partial charge in [-0.2, -0.15) is 0 Å². The third-order valence-electron chi connectivity index (χ3n) is 11.0. The molecule has 8 atom stereocenters. The van der Waals surface area contributed by atoms with Gasteiger partial charge in [0.15, 0.2) is 0 Å². The molecule has 0 aromatic rings. The Morgan fingerprint density at radius 1 is 1.09 bits per heavy atom. The van der Waals surface area contributed by atoms with Gasteiger partial charge in [0.05, 0.1) is 12.2 Å². The molecule has 0 aromatic heterocycles. The van der Waals surface area contributed by atoms with Gasteiger partial charge in [0.2, 0.25) is 0 Å². The number of carbonyl (C=O) groups excluding carboxylic acids is 1. The molecule has 0 saturated heterocycles. The maximum Gasteiger partial charge on any atom is 0.336 e. The number of allylic oxidation sites excluding steroid dienone is 1. The lowest BCUT2D eigenvalue weighted by Crippen LogP contribution is -2.51. The molecule has 3 saturated carbocycles. The van der Waals surface area contributed by atoms with E-state index >= 15 is 0 Å². The number of aliphatic hydroxyl groups is 1. The van der Waals surface area contributed by atoms with Gasteiger partial charge in [-0.1, -0.05) is 66.0 Å². The molecule has 4 aliphatic carbocycles.